The summed E-state index contributed by atoms with van der Waals surface area (Å²) < 4.78 is 0. The molecule has 16 heavy (non-hydrogen) atoms. The summed E-state index contributed by atoms with van der Waals surface area (Å²) in [7, 11) is 1.80. The van der Waals surface area contributed by atoms with Gasteiger partial charge in [0, 0.05) is 13.6 Å². The fraction of sp³-hybridized carbons (Fsp3) is 0.500. The van der Waals surface area contributed by atoms with Gasteiger partial charge in [0.1, 0.15) is 0 Å². The molecule has 90 valence electrons. The van der Waals surface area contributed by atoms with E-state index in [0.717, 1.165) is 19.4 Å². The zero-order valence-corrected chi connectivity index (χ0v) is 11.1. The molecule has 0 fully saturated rings. The number of carbonyl (C=O) groups excluding carboxylic acids is 1. The van der Waals surface area contributed by atoms with Crippen LogP contribution >= 0.6 is 0 Å². The predicted molar refractivity (Wildman–Crippen MR) is 69.7 cm³/mol. The first-order chi connectivity index (χ1) is 7.63. The smallest absolute Gasteiger partial charge is 0.209 e. The molecule has 0 spiro atoms. The topological polar surface area (TPSA) is 20.3 Å². The van der Waals surface area contributed by atoms with Gasteiger partial charge in [0.05, 0.1) is 0 Å². The van der Waals surface area contributed by atoms with Gasteiger partial charge in [-0.3, -0.25) is 4.79 Å². The van der Waals surface area contributed by atoms with Gasteiger partial charge in [-0.15, -0.1) is 0 Å². The Hall–Kier alpha value is -1.31. The molecule has 2 heteroatoms. The van der Waals surface area contributed by atoms with Crippen molar-refractivity contribution in [1.29, 1.82) is 0 Å². The zero-order chi connectivity index (χ0) is 12.6. The van der Waals surface area contributed by atoms with E-state index in [1.54, 1.807) is 11.9 Å². The van der Waals surface area contributed by atoms with Crippen LogP contribution in [-0.2, 0) is 11.2 Å². The Bertz CT molecular complexity index is 321. The number of likely N-dealkylation sites (N-methyl/N-ethyl adjacent to an activating group) is 1. The molecule has 0 aliphatic rings. The predicted octanol–water partition coefficient (Wildman–Crippen LogP) is 2.96. The fourth-order valence-electron chi connectivity index (χ4n) is 1.48. The maximum absolute atomic E-state index is 10.4. The summed E-state index contributed by atoms with van der Waals surface area (Å²) in [6, 6.07) is 6.43. The fourth-order valence-corrected chi connectivity index (χ4v) is 1.48. The Morgan fingerprint density at radius 1 is 1.25 bits per heavy atom. The summed E-state index contributed by atoms with van der Waals surface area (Å²) in [4.78, 5) is 12.1. The van der Waals surface area contributed by atoms with Gasteiger partial charge >= 0.3 is 0 Å². The average molecular weight is 221 g/mol. The highest BCUT2D eigenvalue weighted by atomic mass is 16.1. The lowest BCUT2D eigenvalue weighted by Crippen LogP contribution is -2.19. The molecule has 2 nitrogen and oxygen atoms in total. The molecular weight excluding hydrogens is 198 g/mol. The Morgan fingerprint density at radius 2 is 1.88 bits per heavy atom. The monoisotopic (exact) mass is 221 g/mol. The van der Waals surface area contributed by atoms with E-state index >= 15 is 0 Å². The third-order valence-electron chi connectivity index (χ3n) is 2.41. The highest BCUT2D eigenvalue weighted by Gasteiger charge is 2.00. The molecule has 0 unspecified atom stereocenters. The van der Waals surface area contributed by atoms with Crippen LogP contribution in [0.3, 0.4) is 0 Å². The first kappa shape index (κ1) is 14.7. The second kappa shape index (κ2) is 7.91. The van der Waals surface area contributed by atoms with Gasteiger partial charge in [-0.25, -0.2) is 0 Å². The largest absolute Gasteiger partial charge is 0.348 e. The van der Waals surface area contributed by atoms with E-state index in [1.807, 2.05) is 13.8 Å². The van der Waals surface area contributed by atoms with Crippen molar-refractivity contribution in [2.24, 2.45) is 0 Å². The number of carbonyl (C=O) groups is 1. The number of rotatable bonds is 4. The van der Waals surface area contributed by atoms with Crippen LogP contribution in [0.1, 0.15) is 30.5 Å². The van der Waals surface area contributed by atoms with E-state index in [-0.39, 0.29) is 0 Å². The molecule has 1 rings (SSSR count). The maximum Gasteiger partial charge on any atom is 0.209 e. The number of benzene rings is 1. The van der Waals surface area contributed by atoms with Crippen LogP contribution in [0.25, 0.3) is 0 Å². The Morgan fingerprint density at radius 3 is 2.38 bits per heavy atom. The molecule has 1 aromatic carbocycles. The lowest BCUT2D eigenvalue weighted by Gasteiger charge is -2.12. The van der Waals surface area contributed by atoms with E-state index in [2.05, 4.69) is 32.0 Å². The molecule has 0 bridgehead atoms. The lowest BCUT2D eigenvalue weighted by molar-refractivity contribution is -0.116. The molecule has 1 aromatic rings. The van der Waals surface area contributed by atoms with Crippen LogP contribution in [-0.4, -0.2) is 24.9 Å². The van der Waals surface area contributed by atoms with Crippen LogP contribution in [0.15, 0.2) is 18.2 Å². The molecule has 0 saturated carbocycles. The summed E-state index contributed by atoms with van der Waals surface area (Å²) in [5, 5.41) is 0. The van der Waals surface area contributed by atoms with E-state index in [4.69, 9.17) is 0 Å². The minimum atomic E-state index is 0.785. The van der Waals surface area contributed by atoms with Gasteiger partial charge in [-0.2, -0.15) is 0 Å². The zero-order valence-electron chi connectivity index (χ0n) is 11.1. The summed E-state index contributed by atoms with van der Waals surface area (Å²) in [5.41, 5.74) is 3.92. The van der Waals surface area contributed by atoms with Crippen molar-refractivity contribution in [2.45, 2.75) is 34.1 Å². The number of nitrogens with zero attached hydrogens (tertiary/aromatic N) is 1. The molecule has 0 aromatic heterocycles. The molecule has 0 radical (unpaired) electrons. The van der Waals surface area contributed by atoms with Gasteiger partial charge in [-0.1, -0.05) is 37.6 Å². The van der Waals surface area contributed by atoms with Crippen molar-refractivity contribution in [3.63, 3.8) is 0 Å². The number of aryl methyl sites for hydroxylation is 2. The molecule has 0 heterocycles. The summed E-state index contributed by atoms with van der Waals surface area (Å²) in [6.07, 6.45) is 1.80. The summed E-state index contributed by atoms with van der Waals surface area (Å²) >= 11 is 0. The third kappa shape index (κ3) is 4.96. The molecular formula is C14H23NO. The van der Waals surface area contributed by atoms with Crippen LogP contribution in [0, 0.1) is 13.8 Å². The Kier molecular flexibility index (Phi) is 7.27. The Labute approximate surface area is 99.3 Å². The number of amides is 1. The average Bonchev–Trinajstić information content (AvgIpc) is 2.30. The highest BCUT2D eigenvalue weighted by Crippen LogP contribution is 2.11. The summed E-state index contributed by atoms with van der Waals surface area (Å²) in [5.74, 6) is 0. The molecule has 0 atom stereocenters. The van der Waals surface area contributed by atoms with Crippen LogP contribution < -0.4 is 0 Å². The molecule has 1 amide bonds. The van der Waals surface area contributed by atoms with Gasteiger partial charge < -0.3 is 4.90 Å². The molecule has 0 saturated heterocycles. The van der Waals surface area contributed by atoms with Crippen molar-refractivity contribution < 1.29 is 4.79 Å². The van der Waals surface area contributed by atoms with Gasteiger partial charge in [0.2, 0.25) is 6.41 Å². The van der Waals surface area contributed by atoms with Gasteiger partial charge in [-0.05, 0) is 31.4 Å². The van der Waals surface area contributed by atoms with E-state index in [0.29, 0.717) is 0 Å². The second-order valence-electron chi connectivity index (χ2n) is 3.77. The van der Waals surface area contributed by atoms with Crippen molar-refractivity contribution in [3.05, 3.63) is 34.9 Å². The standard InChI is InChI=1S/C12H17NO.C2H6/c1-10-4-5-12(11(2)8-10)6-7-13(3)9-14;1-2/h4-5,8-9H,6-7H2,1-3H3;1-2H3. The van der Waals surface area contributed by atoms with E-state index < -0.39 is 0 Å². The first-order valence-electron chi connectivity index (χ1n) is 5.85. The minimum absolute atomic E-state index is 0.785. The SMILES string of the molecule is CC.Cc1ccc(CCN(C)C=O)c(C)c1. The van der Waals surface area contributed by atoms with Crippen molar-refractivity contribution in [1.82, 2.24) is 4.90 Å². The maximum atomic E-state index is 10.4. The Balaban J connectivity index is 0.00000106. The third-order valence-corrected chi connectivity index (χ3v) is 2.41. The van der Waals surface area contributed by atoms with Crippen molar-refractivity contribution in [3.8, 4) is 0 Å². The second-order valence-corrected chi connectivity index (χ2v) is 3.77. The van der Waals surface area contributed by atoms with E-state index in [1.165, 1.54) is 16.7 Å². The minimum Gasteiger partial charge on any atom is -0.348 e. The molecule has 0 aliphatic heterocycles. The molecule has 0 aliphatic carbocycles. The number of hydrogen-bond acceptors (Lipinski definition) is 1. The van der Waals surface area contributed by atoms with Crippen LogP contribution in [0.2, 0.25) is 0 Å². The van der Waals surface area contributed by atoms with Crippen LogP contribution in [0.5, 0.6) is 0 Å². The quantitative estimate of drug-likeness (QED) is 0.716. The number of hydrogen-bond donors (Lipinski definition) is 0. The van der Waals surface area contributed by atoms with Crippen LogP contribution in [0.4, 0.5) is 0 Å². The van der Waals surface area contributed by atoms with Gasteiger partial charge in [0.25, 0.3) is 0 Å². The highest BCUT2D eigenvalue weighted by molar-refractivity contribution is 5.46. The summed E-state index contributed by atoms with van der Waals surface area (Å²) in [6.45, 7) is 8.99. The van der Waals surface area contributed by atoms with E-state index in [9.17, 15) is 4.79 Å². The van der Waals surface area contributed by atoms with Crippen molar-refractivity contribution >= 4 is 6.41 Å². The van der Waals surface area contributed by atoms with Crippen molar-refractivity contribution in [2.75, 3.05) is 13.6 Å². The first-order valence-corrected chi connectivity index (χ1v) is 5.85. The normalized spacial score (nSPS) is 9.06. The lowest BCUT2D eigenvalue weighted by atomic mass is 10.0. The van der Waals surface area contributed by atoms with Gasteiger partial charge in [0.15, 0.2) is 0 Å². The molecule has 0 N–H and O–H groups in total.